The van der Waals surface area contributed by atoms with Crippen LogP contribution >= 0.6 is 0 Å². The molecule has 2 aliphatic heterocycles. The van der Waals surface area contributed by atoms with Crippen LogP contribution in [0.1, 0.15) is 63.4 Å². The maximum Gasteiger partial charge on any atom is 0.408 e. The van der Waals surface area contributed by atoms with E-state index in [4.69, 9.17) is 9.47 Å². The first-order valence-corrected chi connectivity index (χ1v) is 13.9. The number of alkyl carbamates (subject to hydrolysis) is 1. The average Bonchev–Trinajstić information content (AvgIpc) is 3.61. The topological polar surface area (TPSA) is 134 Å². The second kappa shape index (κ2) is 13.6. The molecule has 4 rings (SSSR count). The number of nitrogens with one attached hydrogen (secondary N) is 2. The van der Waals surface area contributed by atoms with Crippen LogP contribution in [0.2, 0.25) is 0 Å². The number of hydrogen-bond acceptors (Lipinski definition) is 7. The monoisotopic (exact) mass is 541 g/mol. The SMILES string of the molecule is O=C(NC1CC=CCC(CC(=O)N2CCCC2CO)C(=O)NC2(CCCC2)COC1=O)OCc1ccccc1. The summed E-state index contributed by atoms with van der Waals surface area (Å²) >= 11 is 0. The number of nitrogens with zero attached hydrogens (tertiary/aromatic N) is 1. The molecule has 0 bridgehead atoms. The van der Waals surface area contributed by atoms with Gasteiger partial charge in [-0.2, -0.15) is 0 Å². The maximum absolute atomic E-state index is 13.4. The van der Waals surface area contributed by atoms with Crippen LogP contribution in [-0.4, -0.2) is 71.3 Å². The molecule has 1 aliphatic carbocycles. The van der Waals surface area contributed by atoms with Crippen LogP contribution in [0.25, 0.3) is 0 Å². The Morgan fingerprint density at radius 2 is 1.85 bits per heavy atom. The summed E-state index contributed by atoms with van der Waals surface area (Å²) in [7, 11) is 0. The summed E-state index contributed by atoms with van der Waals surface area (Å²) in [5, 5.41) is 15.4. The molecule has 39 heavy (non-hydrogen) atoms. The van der Waals surface area contributed by atoms with Gasteiger partial charge in [0, 0.05) is 13.0 Å². The Morgan fingerprint density at radius 1 is 1.10 bits per heavy atom. The van der Waals surface area contributed by atoms with E-state index in [9.17, 15) is 24.3 Å². The van der Waals surface area contributed by atoms with E-state index in [1.54, 1.807) is 17.1 Å². The van der Waals surface area contributed by atoms with Gasteiger partial charge in [-0.15, -0.1) is 0 Å². The lowest BCUT2D eigenvalue weighted by molar-refractivity contribution is -0.149. The molecule has 1 saturated heterocycles. The third kappa shape index (κ3) is 7.81. The second-order valence-electron chi connectivity index (χ2n) is 10.8. The number of benzene rings is 1. The van der Waals surface area contributed by atoms with Crippen molar-refractivity contribution in [2.24, 2.45) is 5.92 Å². The number of carbonyl (C=O) groups excluding carboxylic acids is 4. The summed E-state index contributed by atoms with van der Waals surface area (Å²) in [4.78, 5) is 53.6. The number of cyclic esters (lactones) is 1. The van der Waals surface area contributed by atoms with Crippen LogP contribution in [0.5, 0.6) is 0 Å². The zero-order chi connectivity index (χ0) is 27.7. The van der Waals surface area contributed by atoms with Gasteiger partial charge in [-0.25, -0.2) is 9.59 Å². The molecule has 2 heterocycles. The third-order valence-corrected chi connectivity index (χ3v) is 7.89. The molecular weight excluding hydrogens is 502 g/mol. The van der Waals surface area contributed by atoms with Crippen LogP contribution in [0.3, 0.4) is 0 Å². The molecule has 10 heteroatoms. The van der Waals surface area contributed by atoms with Crippen LogP contribution in [0.15, 0.2) is 42.5 Å². The fourth-order valence-electron chi connectivity index (χ4n) is 5.61. The molecule has 3 aliphatic rings. The number of rotatable bonds is 6. The predicted octanol–water partition coefficient (Wildman–Crippen LogP) is 2.59. The smallest absolute Gasteiger partial charge is 0.408 e. The van der Waals surface area contributed by atoms with E-state index in [1.807, 2.05) is 30.3 Å². The Kier molecular flexibility index (Phi) is 9.97. The van der Waals surface area contributed by atoms with Crippen LogP contribution < -0.4 is 10.6 Å². The van der Waals surface area contributed by atoms with E-state index in [-0.39, 0.29) is 50.5 Å². The zero-order valence-electron chi connectivity index (χ0n) is 22.3. The molecule has 0 radical (unpaired) electrons. The summed E-state index contributed by atoms with van der Waals surface area (Å²) in [5.41, 5.74) is 0.129. The van der Waals surface area contributed by atoms with Gasteiger partial charge >= 0.3 is 12.1 Å². The minimum atomic E-state index is -0.951. The minimum absolute atomic E-state index is 0.00207. The van der Waals surface area contributed by atoms with Crippen molar-refractivity contribution in [3.63, 3.8) is 0 Å². The van der Waals surface area contributed by atoms with E-state index >= 15 is 0 Å². The summed E-state index contributed by atoms with van der Waals surface area (Å²) in [6, 6.07) is 8.09. The molecule has 10 nitrogen and oxygen atoms in total. The fourth-order valence-corrected chi connectivity index (χ4v) is 5.61. The largest absolute Gasteiger partial charge is 0.462 e. The normalized spacial score (nSPS) is 25.4. The number of hydrogen-bond donors (Lipinski definition) is 3. The van der Waals surface area contributed by atoms with E-state index in [1.165, 1.54) is 0 Å². The lowest BCUT2D eigenvalue weighted by Crippen LogP contribution is -2.53. The summed E-state index contributed by atoms with van der Waals surface area (Å²) < 4.78 is 10.9. The number of allylic oxidation sites excluding steroid dienone is 1. The molecule has 2 fully saturated rings. The van der Waals surface area contributed by atoms with Crippen LogP contribution in [0, 0.1) is 5.92 Å². The van der Waals surface area contributed by atoms with Crippen molar-refractivity contribution in [1.29, 1.82) is 0 Å². The molecular formula is C29H39N3O7. The zero-order valence-corrected chi connectivity index (χ0v) is 22.3. The number of ether oxygens (including phenoxy) is 2. The van der Waals surface area contributed by atoms with Crippen molar-refractivity contribution in [2.45, 2.75) is 82.0 Å². The van der Waals surface area contributed by atoms with Gasteiger partial charge < -0.3 is 30.1 Å². The van der Waals surface area contributed by atoms with Gasteiger partial charge in [0.05, 0.1) is 24.1 Å². The Bertz CT molecular complexity index is 1040. The lowest BCUT2D eigenvalue weighted by atomic mass is 9.93. The number of esters is 1. The van der Waals surface area contributed by atoms with E-state index in [2.05, 4.69) is 10.6 Å². The number of aliphatic hydroxyl groups is 1. The summed E-state index contributed by atoms with van der Waals surface area (Å²) in [6.07, 6.45) is 7.98. The molecule has 3 N–H and O–H groups in total. The molecule has 3 unspecified atom stereocenters. The molecule has 1 spiro atoms. The fraction of sp³-hybridized carbons (Fsp3) is 0.586. The van der Waals surface area contributed by atoms with Gasteiger partial charge in [0.2, 0.25) is 11.8 Å². The molecule has 1 aromatic carbocycles. The van der Waals surface area contributed by atoms with E-state index in [0.29, 0.717) is 25.8 Å². The van der Waals surface area contributed by atoms with Crippen molar-refractivity contribution in [3.8, 4) is 0 Å². The first-order valence-electron chi connectivity index (χ1n) is 13.9. The van der Waals surface area contributed by atoms with Gasteiger partial charge in [-0.05, 0) is 44.1 Å². The number of carbonyl (C=O) groups is 4. The standard InChI is InChI=1S/C29H39N3O7/c33-18-23-12-8-16-32(23)25(34)17-22-11-4-5-13-24(30-28(37)38-19-21-9-2-1-3-10-21)27(36)39-20-29(31-26(22)35)14-6-7-15-29/h1-5,9-10,22-24,33H,6-8,11-20H2,(H,30,37)(H,31,35). The van der Waals surface area contributed by atoms with E-state index in [0.717, 1.165) is 31.2 Å². The highest BCUT2D eigenvalue weighted by molar-refractivity contribution is 5.87. The average molecular weight is 542 g/mol. The quantitative estimate of drug-likeness (QED) is 0.372. The van der Waals surface area contributed by atoms with Gasteiger partial charge in [0.15, 0.2) is 0 Å². The Morgan fingerprint density at radius 3 is 2.59 bits per heavy atom. The number of amides is 3. The molecule has 3 atom stereocenters. The Balaban J connectivity index is 1.44. The summed E-state index contributed by atoms with van der Waals surface area (Å²) in [6.45, 7) is 0.572. The van der Waals surface area contributed by atoms with Crippen molar-refractivity contribution in [1.82, 2.24) is 15.5 Å². The second-order valence-corrected chi connectivity index (χ2v) is 10.8. The van der Waals surface area contributed by atoms with Crippen molar-refractivity contribution in [2.75, 3.05) is 19.8 Å². The molecule has 1 saturated carbocycles. The molecule has 212 valence electrons. The summed E-state index contributed by atoms with van der Waals surface area (Å²) in [5.74, 6) is -1.55. The van der Waals surface area contributed by atoms with Gasteiger partial charge in [-0.3, -0.25) is 9.59 Å². The molecule has 1 aromatic rings. The van der Waals surface area contributed by atoms with Gasteiger partial charge in [-0.1, -0.05) is 55.3 Å². The van der Waals surface area contributed by atoms with Crippen LogP contribution in [0.4, 0.5) is 4.79 Å². The first-order chi connectivity index (χ1) is 18.9. The van der Waals surface area contributed by atoms with Gasteiger partial charge in [0.25, 0.3) is 0 Å². The molecule has 0 aromatic heterocycles. The van der Waals surface area contributed by atoms with Crippen LogP contribution in [-0.2, 0) is 30.5 Å². The molecule has 3 amide bonds. The highest BCUT2D eigenvalue weighted by atomic mass is 16.6. The maximum atomic E-state index is 13.4. The Hall–Kier alpha value is -3.40. The highest BCUT2D eigenvalue weighted by Crippen LogP contribution is 2.31. The van der Waals surface area contributed by atoms with Gasteiger partial charge in [0.1, 0.15) is 19.3 Å². The number of aliphatic hydroxyl groups excluding tert-OH is 1. The van der Waals surface area contributed by atoms with Crippen molar-refractivity contribution >= 4 is 23.9 Å². The van der Waals surface area contributed by atoms with Crippen molar-refractivity contribution < 1.29 is 33.8 Å². The minimum Gasteiger partial charge on any atom is -0.462 e. The lowest BCUT2D eigenvalue weighted by Gasteiger charge is -2.33. The first kappa shape index (κ1) is 28.6. The number of likely N-dealkylation sites (tertiary alicyclic amines) is 1. The predicted molar refractivity (Wildman–Crippen MR) is 142 cm³/mol. The van der Waals surface area contributed by atoms with E-state index < -0.39 is 29.6 Å². The van der Waals surface area contributed by atoms with Crippen molar-refractivity contribution in [3.05, 3.63) is 48.0 Å². The Labute approximate surface area is 229 Å². The third-order valence-electron chi connectivity index (χ3n) is 7.89. The highest BCUT2D eigenvalue weighted by Gasteiger charge is 2.40.